The maximum absolute atomic E-state index is 10.7. The number of hydrogen-bond acceptors (Lipinski definition) is 2. The van der Waals surface area contributed by atoms with Gasteiger partial charge in [-0.25, -0.2) is 4.79 Å². The van der Waals surface area contributed by atoms with Gasteiger partial charge in [-0.15, -0.1) is 0 Å². The highest BCUT2D eigenvalue weighted by atomic mass is 16.4. The van der Waals surface area contributed by atoms with E-state index in [9.17, 15) is 9.59 Å². The molecular weight excluding hydrogens is 220 g/mol. The SMILES string of the molecule is O=C(O)C/C(=C\C=C\c1ccccc1)C(=O)O. The number of rotatable bonds is 5. The summed E-state index contributed by atoms with van der Waals surface area (Å²) in [5.74, 6) is -2.38. The van der Waals surface area contributed by atoms with Crippen LogP contribution in [0.1, 0.15) is 12.0 Å². The minimum Gasteiger partial charge on any atom is -0.481 e. The van der Waals surface area contributed by atoms with E-state index in [0.29, 0.717) is 0 Å². The first-order valence-corrected chi connectivity index (χ1v) is 4.97. The third-order valence-corrected chi connectivity index (χ3v) is 2.00. The number of allylic oxidation sites excluding steroid dienone is 2. The molecule has 0 radical (unpaired) electrons. The molecule has 0 amide bonds. The van der Waals surface area contributed by atoms with Crippen molar-refractivity contribution in [2.45, 2.75) is 6.42 Å². The zero-order valence-corrected chi connectivity index (χ0v) is 9.04. The summed E-state index contributed by atoms with van der Waals surface area (Å²) in [6, 6.07) is 9.32. The molecule has 4 nitrogen and oxygen atoms in total. The topological polar surface area (TPSA) is 74.6 Å². The van der Waals surface area contributed by atoms with Gasteiger partial charge in [0.2, 0.25) is 0 Å². The van der Waals surface area contributed by atoms with E-state index in [2.05, 4.69) is 0 Å². The molecular formula is C13H12O4. The highest BCUT2D eigenvalue weighted by Gasteiger charge is 2.10. The highest BCUT2D eigenvalue weighted by Crippen LogP contribution is 2.05. The zero-order chi connectivity index (χ0) is 12.7. The van der Waals surface area contributed by atoms with Gasteiger partial charge in [-0.2, -0.15) is 0 Å². The number of benzene rings is 1. The van der Waals surface area contributed by atoms with Crippen LogP contribution in [0.25, 0.3) is 6.08 Å². The molecule has 1 rings (SSSR count). The standard InChI is InChI=1S/C13H12O4/c14-12(15)9-11(13(16)17)8-4-7-10-5-2-1-3-6-10/h1-8H,9H2,(H,14,15)(H,16,17)/b7-4+,11-8+. The molecule has 1 aromatic rings. The van der Waals surface area contributed by atoms with Gasteiger partial charge in [-0.3, -0.25) is 4.79 Å². The molecule has 0 bridgehead atoms. The third-order valence-electron chi connectivity index (χ3n) is 2.00. The second kappa shape index (κ2) is 6.27. The van der Waals surface area contributed by atoms with Crippen LogP contribution in [-0.2, 0) is 9.59 Å². The van der Waals surface area contributed by atoms with Gasteiger partial charge >= 0.3 is 11.9 Å². The Bertz CT molecular complexity index is 458. The van der Waals surface area contributed by atoms with Gasteiger partial charge in [0.15, 0.2) is 0 Å². The van der Waals surface area contributed by atoms with Gasteiger partial charge in [-0.1, -0.05) is 48.6 Å². The van der Waals surface area contributed by atoms with Gasteiger partial charge in [0.25, 0.3) is 0 Å². The van der Waals surface area contributed by atoms with Crippen LogP contribution in [0, 0.1) is 0 Å². The Balaban J connectivity index is 2.76. The minimum atomic E-state index is -1.22. The van der Waals surface area contributed by atoms with E-state index in [1.807, 2.05) is 30.3 Å². The fraction of sp³-hybridized carbons (Fsp3) is 0.0769. The Morgan fingerprint density at radius 3 is 2.29 bits per heavy atom. The Kier molecular flexibility index (Phi) is 4.69. The third kappa shape index (κ3) is 4.79. The summed E-state index contributed by atoms with van der Waals surface area (Å²) in [5, 5.41) is 17.3. The van der Waals surface area contributed by atoms with E-state index in [4.69, 9.17) is 10.2 Å². The fourth-order valence-corrected chi connectivity index (χ4v) is 1.21. The molecule has 0 aromatic heterocycles. The number of aliphatic carboxylic acids is 2. The van der Waals surface area contributed by atoms with Crippen molar-refractivity contribution in [2.75, 3.05) is 0 Å². The molecule has 0 saturated heterocycles. The second-order valence-corrected chi connectivity index (χ2v) is 3.34. The van der Waals surface area contributed by atoms with Crippen molar-refractivity contribution in [3.8, 4) is 0 Å². The smallest absolute Gasteiger partial charge is 0.332 e. The molecule has 0 saturated carbocycles. The van der Waals surface area contributed by atoms with Crippen LogP contribution in [0.5, 0.6) is 0 Å². The lowest BCUT2D eigenvalue weighted by molar-refractivity contribution is -0.139. The second-order valence-electron chi connectivity index (χ2n) is 3.34. The summed E-state index contributed by atoms with van der Waals surface area (Å²) in [6.07, 6.45) is 4.05. The first kappa shape index (κ1) is 12.7. The van der Waals surface area contributed by atoms with E-state index in [-0.39, 0.29) is 5.57 Å². The van der Waals surface area contributed by atoms with Crippen molar-refractivity contribution in [3.05, 3.63) is 53.6 Å². The van der Waals surface area contributed by atoms with E-state index >= 15 is 0 Å². The minimum absolute atomic E-state index is 0.148. The molecule has 88 valence electrons. The highest BCUT2D eigenvalue weighted by molar-refractivity contribution is 5.92. The zero-order valence-electron chi connectivity index (χ0n) is 9.04. The molecule has 0 fully saturated rings. The molecule has 0 aliphatic rings. The van der Waals surface area contributed by atoms with Crippen LogP contribution in [0.15, 0.2) is 48.1 Å². The Hall–Kier alpha value is -2.36. The Morgan fingerprint density at radius 2 is 1.76 bits per heavy atom. The summed E-state index contributed by atoms with van der Waals surface area (Å²) < 4.78 is 0. The van der Waals surface area contributed by atoms with Crippen molar-refractivity contribution in [1.29, 1.82) is 0 Å². The maximum Gasteiger partial charge on any atom is 0.332 e. The van der Waals surface area contributed by atoms with Gasteiger partial charge in [0, 0.05) is 5.57 Å². The quantitative estimate of drug-likeness (QED) is 0.602. The summed E-state index contributed by atoms with van der Waals surface area (Å²) in [4.78, 5) is 21.1. The van der Waals surface area contributed by atoms with E-state index < -0.39 is 18.4 Å². The molecule has 2 N–H and O–H groups in total. The van der Waals surface area contributed by atoms with Crippen molar-refractivity contribution in [2.24, 2.45) is 0 Å². The molecule has 0 atom stereocenters. The number of hydrogen-bond donors (Lipinski definition) is 2. The summed E-state index contributed by atoms with van der Waals surface area (Å²) in [6.45, 7) is 0. The van der Waals surface area contributed by atoms with Crippen molar-refractivity contribution >= 4 is 18.0 Å². The molecule has 17 heavy (non-hydrogen) atoms. The lowest BCUT2D eigenvalue weighted by Gasteiger charge is -1.95. The van der Waals surface area contributed by atoms with Crippen molar-refractivity contribution in [3.63, 3.8) is 0 Å². The number of carbonyl (C=O) groups is 2. The van der Waals surface area contributed by atoms with Gasteiger partial charge in [0.1, 0.15) is 0 Å². The lowest BCUT2D eigenvalue weighted by atomic mass is 10.1. The normalized spacial score (nSPS) is 11.6. The van der Waals surface area contributed by atoms with Gasteiger partial charge in [0.05, 0.1) is 6.42 Å². The number of carboxylic acids is 2. The van der Waals surface area contributed by atoms with Crippen LogP contribution < -0.4 is 0 Å². The van der Waals surface area contributed by atoms with Gasteiger partial charge in [-0.05, 0) is 5.56 Å². The van der Waals surface area contributed by atoms with Crippen LogP contribution in [0.2, 0.25) is 0 Å². The lowest BCUT2D eigenvalue weighted by Crippen LogP contribution is -2.06. The Labute approximate surface area is 98.5 Å². The number of carboxylic acid groups (broad SMARTS) is 2. The van der Waals surface area contributed by atoms with Crippen molar-refractivity contribution in [1.82, 2.24) is 0 Å². The maximum atomic E-state index is 10.7. The van der Waals surface area contributed by atoms with Crippen LogP contribution in [0.3, 0.4) is 0 Å². The Morgan fingerprint density at radius 1 is 1.12 bits per heavy atom. The van der Waals surface area contributed by atoms with E-state index in [1.54, 1.807) is 6.08 Å². The predicted molar refractivity (Wildman–Crippen MR) is 63.4 cm³/mol. The average Bonchev–Trinajstić information content (AvgIpc) is 2.28. The fourth-order valence-electron chi connectivity index (χ4n) is 1.21. The van der Waals surface area contributed by atoms with E-state index in [1.165, 1.54) is 12.2 Å². The van der Waals surface area contributed by atoms with Crippen LogP contribution in [0.4, 0.5) is 0 Å². The summed E-state index contributed by atoms with van der Waals surface area (Å²) >= 11 is 0. The van der Waals surface area contributed by atoms with Crippen LogP contribution in [-0.4, -0.2) is 22.2 Å². The molecule has 0 unspecified atom stereocenters. The predicted octanol–water partition coefficient (Wildman–Crippen LogP) is 2.19. The first-order chi connectivity index (χ1) is 8.09. The van der Waals surface area contributed by atoms with Gasteiger partial charge < -0.3 is 10.2 Å². The first-order valence-electron chi connectivity index (χ1n) is 4.97. The molecule has 0 aliphatic carbocycles. The van der Waals surface area contributed by atoms with Crippen molar-refractivity contribution < 1.29 is 19.8 Å². The summed E-state index contributed by atoms with van der Waals surface area (Å²) in [5.41, 5.74) is 0.772. The summed E-state index contributed by atoms with van der Waals surface area (Å²) in [7, 11) is 0. The molecule has 4 heteroatoms. The largest absolute Gasteiger partial charge is 0.481 e. The molecule has 0 spiro atoms. The monoisotopic (exact) mass is 232 g/mol. The molecule has 1 aromatic carbocycles. The molecule has 0 aliphatic heterocycles. The van der Waals surface area contributed by atoms with E-state index in [0.717, 1.165) is 5.56 Å². The average molecular weight is 232 g/mol. The molecule has 0 heterocycles. The van der Waals surface area contributed by atoms with Crippen LogP contribution >= 0.6 is 0 Å².